The number of hydrogen-bond acceptors (Lipinski definition) is 3. The second-order valence-corrected chi connectivity index (χ2v) is 6.07. The lowest BCUT2D eigenvalue weighted by Crippen LogP contribution is -2.35. The molecule has 106 valence electrons. The van der Waals surface area contributed by atoms with E-state index in [1.54, 1.807) is 0 Å². The van der Waals surface area contributed by atoms with Crippen LogP contribution in [0.15, 0.2) is 12.4 Å². The maximum Gasteiger partial charge on any atom is 0.157 e. The van der Waals surface area contributed by atoms with Gasteiger partial charge in [-0.3, -0.25) is 4.68 Å². The molecule has 0 amide bonds. The average Bonchev–Trinajstić information content (AvgIpc) is 2.91. The highest BCUT2D eigenvalue weighted by molar-refractivity contribution is 5.13. The monoisotopic (exact) mass is 263 g/mol. The standard InChI is InChI=1S/C15H25N3O/c1-17-9-7-14(8-10-17)19-15-11-16-18(12-15)13-5-3-2-4-6-13/h11-14H,2-10H2,1H3. The lowest BCUT2D eigenvalue weighted by atomic mass is 9.96. The van der Waals surface area contributed by atoms with Crippen LogP contribution >= 0.6 is 0 Å². The van der Waals surface area contributed by atoms with Gasteiger partial charge in [0.2, 0.25) is 0 Å². The second-order valence-electron chi connectivity index (χ2n) is 6.07. The fourth-order valence-electron chi connectivity index (χ4n) is 3.22. The minimum Gasteiger partial charge on any atom is -0.487 e. The number of piperidine rings is 1. The van der Waals surface area contributed by atoms with Gasteiger partial charge >= 0.3 is 0 Å². The van der Waals surface area contributed by atoms with Crippen LogP contribution in [0.2, 0.25) is 0 Å². The Kier molecular flexibility index (Phi) is 4.06. The van der Waals surface area contributed by atoms with Crippen LogP contribution in [-0.4, -0.2) is 40.9 Å². The highest BCUT2D eigenvalue weighted by Gasteiger charge is 2.20. The Morgan fingerprint density at radius 2 is 1.84 bits per heavy atom. The molecule has 1 saturated carbocycles. The Labute approximate surface area is 115 Å². The Balaban J connectivity index is 1.55. The van der Waals surface area contributed by atoms with E-state index in [2.05, 4.69) is 27.9 Å². The van der Waals surface area contributed by atoms with E-state index < -0.39 is 0 Å². The molecule has 2 aliphatic rings. The smallest absolute Gasteiger partial charge is 0.157 e. The number of hydrogen-bond donors (Lipinski definition) is 0. The average molecular weight is 263 g/mol. The fourth-order valence-corrected chi connectivity index (χ4v) is 3.22. The third-order valence-corrected chi connectivity index (χ3v) is 4.49. The highest BCUT2D eigenvalue weighted by atomic mass is 16.5. The molecular weight excluding hydrogens is 238 g/mol. The van der Waals surface area contributed by atoms with Crippen LogP contribution in [0.25, 0.3) is 0 Å². The minimum atomic E-state index is 0.375. The molecule has 1 aromatic heterocycles. The van der Waals surface area contributed by atoms with E-state index in [9.17, 15) is 0 Å². The van der Waals surface area contributed by atoms with Gasteiger partial charge in [0.15, 0.2) is 5.75 Å². The molecule has 4 nitrogen and oxygen atoms in total. The molecule has 0 atom stereocenters. The SMILES string of the molecule is CN1CCC(Oc2cnn(C3CCCCC3)c2)CC1. The third-order valence-electron chi connectivity index (χ3n) is 4.49. The lowest BCUT2D eigenvalue weighted by molar-refractivity contribution is 0.114. The van der Waals surface area contributed by atoms with Crippen LogP contribution in [0.5, 0.6) is 5.75 Å². The largest absolute Gasteiger partial charge is 0.487 e. The van der Waals surface area contributed by atoms with Gasteiger partial charge in [0.05, 0.1) is 18.4 Å². The summed E-state index contributed by atoms with van der Waals surface area (Å²) < 4.78 is 8.19. The molecular formula is C15H25N3O. The molecule has 3 rings (SSSR count). The van der Waals surface area contributed by atoms with Crippen LogP contribution in [-0.2, 0) is 0 Å². The van der Waals surface area contributed by atoms with Gasteiger partial charge in [0, 0.05) is 13.1 Å². The summed E-state index contributed by atoms with van der Waals surface area (Å²) in [5.74, 6) is 0.958. The zero-order valence-electron chi connectivity index (χ0n) is 11.9. The molecule has 1 aliphatic carbocycles. The number of likely N-dealkylation sites (tertiary alicyclic amines) is 1. The molecule has 1 saturated heterocycles. The molecule has 0 aromatic carbocycles. The van der Waals surface area contributed by atoms with Crippen LogP contribution in [0.1, 0.15) is 51.0 Å². The summed E-state index contributed by atoms with van der Waals surface area (Å²) in [6, 6.07) is 0.601. The molecule has 0 unspecified atom stereocenters. The van der Waals surface area contributed by atoms with Gasteiger partial charge in [-0.25, -0.2) is 0 Å². The quantitative estimate of drug-likeness (QED) is 0.840. The highest BCUT2D eigenvalue weighted by Crippen LogP contribution is 2.29. The first-order chi connectivity index (χ1) is 9.31. The second kappa shape index (κ2) is 5.95. The molecule has 2 heterocycles. The van der Waals surface area contributed by atoms with Crippen molar-refractivity contribution in [1.82, 2.24) is 14.7 Å². The van der Waals surface area contributed by atoms with Crippen LogP contribution < -0.4 is 4.74 Å². The summed E-state index contributed by atoms with van der Waals surface area (Å²) in [6.07, 6.45) is 13.3. The van der Waals surface area contributed by atoms with E-state index >= 15 is 0 Å². The zero-order chi connectivity index (χ0) is 13.1. The van der Waals surface area contributed by atoms with Gasteiger partial charge in [-0.05, 0) is 32.7 Å². The molecule has 1 aromatic rings. The van der Waals surface area contributed by atoms with Crippen molar-refractivity contribution in [2.45, 2.75) is 57.1 Å². The third kappa shape index (κ3) is 3.30. The summed E-state index contributed by atoms with van der Waals surface area (Å²) in [4.78, 5) is 2.37. The predicted molar refractivity (Wildman–Crippen MR) is 75.5 cm³/mol. The van der Waals surface area contributed by atoms with E-state index in [0.717, 1.165) is 31.7 Å². The summed E-state index contributed by atoms with van der Waals surface area (Å²) >= 11 is 0. The van der Waals surface area contributed by atoms with Gasteiger partial charge in [-0.1, -0.05) is 19.3 Å². The summed E-state index contributed by atoms with van der Waals surface area (Å²) in [5.41, 5.74) is 0. The van der Waals surface area contributed by atoms with Crippen molar-refractivity contribution in [2.24, 2.45) is 0 Å². The Morgan fingerprint density at radius 3 is 2.58 bits per heavy atom. The molecule has 0 N–H and O–H groups in total. The maximum absolute atomic E-state index is 6.07. The van der Waals surface area contributed by atoms with E-state index in [1.807, 2.05) is 6.20 Å². The van der Waals surface area contributed by atoms with Crippen molar-refractivity contribution in [3.8, 4) is 5.75 Å². The molecule has 19 heavy (non-hydrogen) atoms. The molecule has 2 fully saturated rings. The Bertz CT molecular complexity index is 390. The van der Waals surface area contributed by atoms with E-state index in [4.69, 9.17) is 4.74 Å². The van der Waals surface area contributed by atoms with Crippen LogP contribution in [0.3, 0.4) is 0 Å². The van der Waals surface area contributed by atoms with Gasteiger partial charge in [-0.15, -0.1) is 0 Å². The molecule has 4 heteroatoms. The van der Waals surface area contributed by atoms with Crippen molar-refractivity contribution in [3.63, 3.8) is 0 Å². The molecule has 0 spiro atoms. The van der Waals surface area contributed by atoms with Crippen LogP contribution in [0.4, 0.5) is 0 Å². The van der Waals surface area contributed by atoms with Crippen molar-refractivity contribution in [1.29, 1.82) is 0 Å². The van der Waals surface area contributed by atoms with E-state index in [1.165, 1.54) is 32.1 Å². The summed E-state index contributed by atoms with van der Waals surface area (Å²) in [7, 11) is 2.18. The summed E-state index contributed by atoms with van der Waals surface area (Å²) in [6.45, 7) is 2.28. The topological polar surface area (TPSA) is 30.3 Å². The lowest BCUT2D eigenvalue weighted by Gasteiger charge is -2.28. The van der Waals surface area contributed by atoms with Crippen molar-refractivity contribution in [2.75, 3.05) is 20.1 Å². The summed E-state index contributed by atoms with van der Waals surface area (Å²) in [5, 5.41) is 4.50. The number of rotatable bonds is 3. The van der Waals surface area contributed by atoms with E-state index in [0.29, 0.717) is 12.1 Å². The number of aromatic nitrogens is 2. The Morgan fingerprint density at radius 1 is 1.11 bits per heavy atom. The van der Waals surface area contributed by atoms with Crippen LogP contribution in [0, 0.1) is 0 Å². The maximum atomic E-state index is 6.07. The number of nitrogens with zero attached hydrogens (tertiary/aromatic N) is 3. The van der Waals surface area contributed by atoms with Gasteiger partial charge in [0.1, 0.15) is 6.10 Å². The first-order valence-corrected chi connectivity index (χ1v) is 7.70. The molecule has 0 radical (unpaired) electrons. The van der Waals surface area contributed by atoms with Gasteiger partial charge in [0.25, 0.3) is 0 Å². The zero-order valence-corrected chi connectivity index (χ0v) is 11.9. The number of ether oxygens (including phenoxy) is 1. The first-order valence-electron chi connectivity index (χ1n) is 7.70. The van der Waals surface area contributed by atoms with Gasteiger partial charge < -0.3 is 9.64 Å². The normalized spacial score (nSPS) is 23.6. The molecule has 1 aliphatic heterocycles. The van der Waals surface area contributed by atoms with E-state index in [-0.39, 0.29) is 0 Å². The van der Waals surface area contributed by atoms with Crippen molar-refractivity contribution >= 4 is 0 Å². The molecule has 0 bridgehead atoms. The van der Waals surface area contributed by atoms with Crippen molar-refractivity contribution < 1.29 is 4.74 Å². The first kappa shape index (κ1) is 13.0. The Hall–Kier alpha value is -1.03. The van der Waals surface area contributed by atoms with Crippen molar-refractivity contribution in [3.05, 3.63) is 12.4 Å². The van der Waals surface area contributed by atoms with Gasteiger partial charge in [-0.2, -0.15) is 5.10 Å². The predicted octanol–water partition coefficient (Wildman–Crippen LogP) is 2.86. The fraction of sp³-hybridized carbons (Fsp3) is 0.800. The minimum absolute atomic E-state index is 0.375.